The summed E-state index contributed by atoms with van der Waals surface area (Å²) in [6, 6.07) is 10.2. The third-order valence-electron chi connectivity index (χ3n) is 3.81. The monoisotopic (exact) mass is 388 g/mol. The molecule has 1 heterocycles. The predicted molar refractivity (Wildman–Crippen MR) is 95.8 cm³/mol. The van der Waals surface area contributed by atoms with Crippen LogP contribution in [0.1, 0.15) is 16.1 Å². The molecule has 1 aromatic heterocycles. The van der Waals surface area contributed by atoms with Crippen LogP contribution in [-0.2, 0) is 6.54 Å². The first kappa shape index (κ1) is 19.2. The molecular formula is C19H15F3N4O2. The van der Waals surface area contributed by atoms with Gasteiger partial charge in [-0.15, -0.1) is 0 Å². The van der Waals surface area contributed by atoms with Gasteiger partial charge in [-0.05, 0) is 29.8 Å². The summed E-state index contributed by atoms with van der Waals surface area (Å²) in [4.78, 5) is 20.0. The van der Waals surface area contributed by atoms with Gasteiger partial charge in [0, 0.05) is 12.6 Å². The van der Waals surface area contributed by atoms with Gasteiger partial charge in [0.15, 0.2) is 17.5 Å². The quantitative estimate of drug-likeness (QED) is 0.632. The number of amides is 1. The summed E-state index contributed by atoms with van der Waals surface area (Å²) >= 11 is 0. The van der Waals surface area contributed by atoms with Crippen LogP contribution in [0, 0.1) is 17.5 Å². The molecular weight excluding hydrogens is 373 g/mol. The van der Waals surface area contributed by atoms with Crippen LogP contribution in [0.2, 0.25) is 0 Å². The van der Waals surface area contributed by atoms with Crippen molar-refractivity contribution in [2.24, 2.45) is 0 Å². The lowest BCUT2D eigenvalue weighted by Gasteiger charge is -2.09. The number of anilines is 2. The molecule has 0 saturated heterocycles. The van der Waals surface area contributed by atoms with Crippen molar-refractivity contribution in [1.29, 1.82) is 0 Å². The lowest BCUT2D eigenvalue weighted by molar-refractivity contribution is 0.0946. The Hall–Kier alpha value is -3.62. The summed E-state index contributed by atoms with van der Waals surface area (Å²) in [6.45, 7) is 0.257. The van der Waals surface area contributed by atoms with E-state index in [2.05, 4.69) is 20.6 Å². The van der Waals surface area contributed by atoms with Crippen molar-refractivity contribution >= 4 is 17.4 Å². The maximum absolute atomic E-state index is 13.8. The molecule has 2 aromatic carbocycles. The van der Waals surface area contributed by atoms with Gasteiger partial charge in [-0.3, -0.25) is 4.79 Å². The molecule has 0 unspecified atom stereocenters. The fourth-order valence-electron chi connectivity index (χ4n) is 2.33. The van der Waals surface area contributed by atoms with Gasteiger partial charge in [0.05, 0.1) is 12.8 Å². The standard InChI is InChI=1S/C19H15F3N4O2/c1-28-12-4-2-11(3-5-12)9-23-19(27)15-8-16(25-10-24-15)26-14-7-6-13(20)17(21)18(14)22/h2-8,10H,9H2,1H3,(H,23,27)(H,24,25,26). The van der Waals surface area contributed by atoms with Crippen molar-refractivity contribution in [3.8, 4) is 5.75 Å². The smallest absolute Gasteiger partial charge is 0.270 e. The molecule has 0 radical (unpaired) electrons. The minimum absolute atomic E-state index is 0.0222. The normalized spacial score (nSPS) is 10.4. The second-order valence-corrected chi connectivity index (χ2v) is 5.67. The maximum atomic E-state index is 13.8. The molecule has 0 aliphatic rings. The zero-order valence-corrected chi connectivity index (χ0v) is 14.7. The second kappa shape index (κ2) is 8.38. The summed E-state index contributed by atoms with van der Waals surface area (Å²) in [7, 11) is 1.56. The highest BCUT2D eigenvalue weighted by atomic mass is 19.2. The molecule has 0 fully saturated rings. The minimum Gasteiger partial charge on any atom is -0.497 e. The van der Waals surface area contributed by atoms with Crippen LogP contribution in [0.4, 0.5) is 24.7 Å². The molecule has 0 saturated carbocycles. The number of rotatable bonds is 6. The van der Waals surface area contributed by atoms with E-state index in [0.717, 1.165) is 24.0 Å². The van der Waals surface area contributed by atoms with Gasteiger partial charge in [0.25, 0.3) is 5.91 Å². The Kier molecular flexibility index (Phi) is 5.73. The largest absolute Gasteiger partial charge is 0.497 e. The first-order valence-corrected chi connectivity index (χ1v) is 8.11. The highest BCUT2D eigenvalue weighted by Gasteiger charge is 2.15. The molecule has 28 heavy (non-hydrogen) atoms. The number of aromatic nitrogens is 2. The van der Waals surface area contributed by atoms with Gasteiger partial charge in [-0.25, -0.2) is 23.1 Å². The van der Waals surface area contributed by atoms with E-state index in [1.807, 2.05) is 0 Å². The van der Waals surface area contributed by atoms with E-state index in [1.165, 1.54) is 6.07 Å². The fourth-order valence-corrected chi connectivity index (χ4v) is 2.33. The zero-order chi connectivity index (χ0) is 20.1. The Morgan fingerprint density at radius 3 is 2.50 bits per heavy atom. The van der Waals surface area contributed by atoms with Gasteiger partial charge in [-0.2, -0.15) is 0 Å². The molecule has 3 aromatic rings. The average molecular weight is 388 g/mol. The van der Waals surface area contributed by atoms with Crippen LogP contribution < -0.4 is 15.4 Å². The molecule has 144 valence electrons. The maximum Gasteiger partial charge on any atom is 0.270 e. The Morgan fingerprint density at radius 2 is 1.79 bits per heavy atom. The molecule has 0 bridgehead atoms. The third kappa shape index (κ3) is 4.37. The minimum atomic E-state index is -1.60. The van der Waals surface area contributed by atoms with Crippen molar-refractivity contribution in [1.82, 2.24) is 15.3 Å². The number of ether oxygens (including phenoxy) is 1. The summed E-state index contributed by atoms with van der Waals surface area (Å²) in [6.07, 6.45) is 1.10. The van der Waals surface area contributed by atoms with Crippen LogP contribution in [0.3, 0.4) is 0 Å². The van der Waals surface area contributed by atoms with Gasteiger partial charge in [0.2, 0.25) is 0 Å². The van der Waals surface area contributed by atoms with E-state index in [-0.39, 0.29) is 23.7 Å². The van der Waals surface area contributed by atoms with Gasteiger partial charge < -0.3 is 15.4 Å². The molecule has 0 atom stereocenters. The number of carbonyl (C=O) groups is 1. The van der Waals surface area contributed by atoms with Crippen molar-refractivity contribution in [2.45, 2.75) is 6.54 Å². The number of benzene rings is 2. The molecule has 1 amide bonds. The topological polar surface area (TPSA) is 76.1 Å². The number of hydrogen-bond acceptors (Lipinski definition) is 5. The Bertz CT molecular complexity index is 997. The van der Waals surface area contributed by atoms with E-state index in [9.17, 15) is 18.0 Å². The number of methoxy groups -OCH3 is 1. The summed E-state index contributed by atoms with van der Waals surface area (Å²) in [5, 5.41) is 5.19. The van der Waals surface area contributed by atoms with Crippen molar-refractivity contribution in [2.75, 3.05) is 12.4 Å². The van der Waals surface area contributed by atoms with Crippen LogP contribution in [0.25, 0.3) is 0 Å². The van der Waals surface area contributed by atoms with Gasteiger partial charge in [0.1, 0.15) is 23.6 Å². The molecule has 0 aliphatic heterocycles. The molecule has 6 nitrogen and oxygen atoms in total. The van der Waals surface area contributed by atoms with Gasteiger partial charge >= 0.3 is 0 Å². The van der Waals surface area contributed by atoms with Crippen molar-refractivity contribution < 1.29 is 22.7 Å². The summed E-state index contributed by atoms with van der Waals surface area (Å²) in [5.41, 5.74) is 0.557. The van der Waals surface area contributed by atoms with Crippen LogP contribution in [0.15, 0.2) is 48.8 Å². The van der Waals surface area contributed by atoms with E-state index in [4.69, 9.17) is 4.74 Å². The fraction of sp³-hybridized carbons (Fsp3) is 0.105. The number of nitrogens with zero attached hydrogens (tertiary/aromatic N) is 2. The lowest BCUT2D eigenvalue weighted by atomic mass is 10.2. The summed E-state index contributed by atoms with van der Waals surface area (Å²) < 4.78 is 45.1. The second-order valence-electron chi connectivity index (χ2n) is 5.67. The SMILES string of the molecule is COc1ccc(CNC(=O)c2cc(Nc3ccc(F)c(F)c3F)ncn2)cc1. The van der Waals surface area contributed by atoms with Crippen LogP contribution in [0.5, 0.6) is 5.75 Å². The predicted octanol–water partition coefficient (Wildman–Crippen LogP) is 3.58. The molecule has 2 N–H and O–H groups in total. The highest BCUT2D eigenvalue weighted by Crippen LogP contribution is 2.22. The Labute approximate surface area is 158 Å². The van der Waals surface area contributed by atoms with Crippen LogP contribution in [-0.4, -0.2) is 23.0 Å². The number of halogens is 3. The molecule has 0 aliphatic carbocycles. The number of nitrogens with one attached hydrogen (secondary N) is 2. The highest BCUT2D eigenvalue weighted by molar-refractivity contribution is 5.92. The molecule has 3 rings (SSSR count). The third-order valence-corrected chi connectivity index (χ3v) is 3.81. The summed E-state index contributed by atoms with van der Waals surface area (Å²) in [5.74, 6) is -4.02. The first-order chi connectivity index (χ1) is 13.5. The number of carbonyl (C=O) groups excluding carboxylic acids is 1. The number of hydrogen-bond donors (Lipinski definition) is 2. The lowest BCUT2D eigenvalue weighted by Crippen LogP contribution is -2.24. The van der Waals surface area contributed by atoms with Crippen molar-refractivity contribution in [3.63, 3.8) is 0 Å². The van der Waals surface area contributed by atoms with E-state index in [0.29, 0.717) is 5.75 Å². The zero-order valence-electron chi connectivity index (χ0n) is 14.7. The molecule has 0 spiro atoms. The van der Waals surface area contributed by atoms with E-state index >= 15 is 0 Å². The van der Waals surface area contributed by atoms with E-state index in [1.54, 1.807) is 31.4 Å². The molecule has 9 heteroatoms. The van der Waals surface area contributed by atoms with Gasteiger partial charge in [-0.1, -0.05) is 12.1 Å². The van der Waals surface area contributed by atoms with Crippen LogP contribution >= 0.6 is 0 Å². The Morgan fingerprint density at radius 1 is 1.04 bits per heavy atom. The average Bonchev–Trinajstić information content (AvgIpc) is 2.73. The Balaban J connectivity index is 1.68. The van der Waals surface area contributed by atoms with E-state index < -0.39 is 23.4 Å². The van der Waals surface area contributed by atoms with Crippen molar-refractivity contribution in [3.05, 3.63) is 77.5 Å². The first-order valence-electron chi connectivity index (χ1n) is 8.11.